The van der Waals surface area contributed by atoms with Crippen LogP contribution < -0.4 is 10.6 Å². The van der Waals surface area contributed by atoms with Gasteiger partial charge in [0.1, 0.15) is 0 Å². The first kappa shape index (κ1) is 13.6. The number of halogens is 1. The summed E-state index contributed by atoms with van der Waals surface area (Å²) in [5.74, 6) is 0.109. The average molecular weight is 311 g/mol. The second kappa shape index (κ2) is 6.34. The van der Waals surface area contributed by atoms with Gasteiger partial charge in [0.2, 0.25) is 5.91 Å². The molecular formula is C14H19BrN2O. The van der Waals surface area contributed by atoms with Crippen LogP contribution in [0.3, 0.4) is 0 Å². The summed E-state index contributed by atoms with van der Waals surface area (Å²) in [6, 6.07) is 7.99. The fraction of sp³-hybridized carbons (Fsp3) is 0.500. The molecule has 1 saturated heterocycles. The SMILES string of the molecule is CC(NC(=O)[C@H]1CCCCN1)c1ccccc1Br. The highest BCUT2D eigenvalue weighted by molar-refractivity contribution is 9.10. The lowest BCUT2D eigenvalue weighted by Gasteiger charge is -2.25. The number of carbonyl (C=O) groups is 1. The van der Waals surface area contributed by atoms with Crippen LogP contribution in [0.15, 0.2) is 28.7 Å². The molecule has 1 unspecified atom stereocenters. The zero-order valence-electron chi connectivity index (χ0n) is 10.6. The van der Waals surface area contributed by atoms with Gasteiger partial charge in [-0.3, -0.25) is 4.79 Å². The van der Waals surface area contributed by atoms with Crippen molar-refractivity contribution in [2.45, 2.75) is 38.3 Å². The smallest absolute Gasteiger partial charge is 0.237 e. The summed E-state index contributed by atoms with van der Waals surface area (Å²) in [7, 11) is 0. The molecule has 1 aromatic rings. The van der Waals surface area contributed by atoms with E-state index in [1.54, 1.807) is 0 Å². The fourth-order valence-corrected chi connectivity index (χ4v) is 2.92. The van der Waals surface area contributed by atoms with Crippen LogP contribution in [0.25, 0.3) is 0 Å². The zero-order valence-corrected chi connectivity index (χ0v) is 12.2. The number of hydrogen-bond donors (Lipinski definition) is 2. The third-order valence-electron chi connectivity index (χ3n) is 3.36. The first-order chi connectivity index (χ1) is 8.68. The van der Waals surface area contributed by atoms with E-state index in [9.17, 15) is 4.79 Å². The van der Waals surface area contributed by atoms with Gasteiger partial charge in [0.05, 0.1) is 12.1 Å². The molecule has 1 amide bonds. The first-order valence-corrected chi connectivity index (χ1v) is 7.26. The second-order valence-electron chi connectivity index (χ2n) is 4.75. The summed E-state index contributed by atoms with van der Waals surface area (Å²) < 4.78 is 1.04. The second-order valence-corrected chi connectivity index (χ2v) is 5.61. The van der Waals surface area contributed by atoms with Crippen LogP contribution in [-0.2, 0) is 4.79 Å². The van der Waals surface area contributed by atoms with Gasteiger partial charge < -0.3 is 10.6 Å². The monoisotopic (exact) mass is 310 g/mol. The first-order valence-electron chi connectivity index (χ1n) is 6.46. The number of carbonyl (C=O) groups excluding carboxylic acids is 1. The molecule has 3 nitrogen and oxygen atoms in total. The van der Waals surface area contributed by atoms with E-state index in [0.29, 0.717) is 0 Å². The van der Waals surface area contributed by atoms with E-state index in [-0.39, 0.29) is 18.0 Å². The summed E-state index contributed by atoms with van der Waals surface area (Å²) in [4.78, 5) is 12.1. The van der Waals surface area contributed by atoms with Crippen LogP contribution in [0.5, 0.6) is 0 Å². The van der Waals surface area contributed by atoms with Gasteiger partial charge >= 0.3 is 0 Å². The van der Waals surface area contributed by atoms with Crippen LogP contribution in [-0.4, -0.2) is 18.5 Å². The Morgan fingerprint density at radius 2 is 2.22 bits per heavy atom. The number of nitrogens with one attached hydrogen (secondary N) is 2. The van der Waals surface area contributed by atoms with E-state index in [1.807, 2.05) is 31.2 Å². The Kier molecular flexibility index (Phi) is 4.78. The van der Waals surface area contributed by atoms with Gasteiger partial charge in [0.25, 0.3) is 0 Å². The number of amides is 1. The van der Waals surface area contributed by atoms with Crippen molar-refractivity contribution in [1.29, 1.82) is 0 Å². The number of rotatable bonds is 3. The lowest BCUT2D eigenvalue weighted by Crippen LogP contribution is -2.47. The predicted octanol–water partition coefficient (Wildman–Crippen LogP) is 2.77. The molecule has 98 valence electrons. The molecule has 2 atom stereocenters. The minimum atomic E-state index is -0.0244. The average Bonchev–Trinajstić information content (AvgIpc) is 2.40. The van der Waals surface area contributed by atoms with Gasteiger partial charge in [-0.25, -0.2) is 0 Å². The minimum Gasteiger partial charge on any atom is -0.348 e. The number of benzene rings is 1. The summed E-state index contributed by atoms with van der Waals surface area (Å²) >= 11 is 3.52. The van der Waals surface area contributed by atoms with Gasteiger partial charge in [-0.1, -0.05) is 40.5 Å². The standard InChI is InChI=1S/C14H19BrN2O/c1-10(11-6-2-3-7-12(11)15)17-14(18)13-8-4-5-9-16-13/h2-3,6-7,10,13,16H,4-5,8-9H2,1H3,(H,17,18)/t10?,13-/m1/s1. The molecule has 4 heteroatoms. The highest BCUT2D eigenvalue weighted by atomic mass is 79.9. The summed E-state index contributed by atoms with van der Waals surface area (Å²) in [5.41, 5.74) is 1.11. The molecule has 0 spiro atoms. The van der Waals surface area contributed by atoms with Crippen molar-refractivity contribution in [3.63, 3.8) is 0 Å². The Bertz CT molecular complexity index is 416. The Morgan fingerprint density at radius 1 is 1.44 bits per heavy atom. The Hall–Kier alpha value is -0.870. The Labute approximate surface area is 116 Å². The molecule has 0 radical (unpaired) electrons. The highest BCUT2D eigenvalue weighted by Gasteiger charge is 2.22. The molecule has 0 bridgehead atoms. The van der Waals surface area contributed by atoms with Gasteiger partial charge in [-0.2, -0.15) is 0 Å². The minimum absolute atomic E-state index is 0.0244. The zero-order chi connectivity index (χ0) is 13.0. The molecule has 18 heavy (non-hydrogen) atoms. The van der Waals surface area contributed by atoms with Crippen molar-refractivity contribution in [2.24, 2.45) is 0 Å². The molecule has 1 aromatic carbocycles. The Balaban J connectivity index is 1.96. The third-order valence-corrected chi connectivity index (χ3v) is 4.08. The van der Waals surface area contributed by atoms with Crippen molar-refractivity contribution in [2.75, 3.05) is 6.54 Å². The molecule has 1 aliphatic heterocycles. The molecule has 1 heterocycles. The van der Waals surface area contributed by atoms with Crippen molar-refractivity contribution < 1.29 is 4.79 Å². The molecule has 0 aliphatic carbocycles. The maximum atomic E-state index is 12.1. The topological polar surface area (TPSA) is 41.1 Å². The maximum absolute atomic E-state index is 12.1. The van der Waals surface area contributed by atoms with Crippen molar-refractivity contribution in [3.8, 4) is 0 Å². The van der Waals surface area contributed by atoms with E-state index in [0.717, 1.165) is 29.4 Å². The largest absolute Gasteiger partial charge is 0.348 e. The predicted molar refractivity (Wildman–Crippen MR) is 76.3 cm³/mol. The van der Waals surface area contributed by atoms with E-state index in [4.69, 9.17) is 0 Å². The van der Waals surface area contributed by atoms with E-state index in [1.165, 1.54) is 6.42 Å². The van der Waals surface area contributed by atoms with Gasteiger partial charge in [0, 0.05) is 4.47 Å². The van der Waals surface area contributed by atoms with Crippen molar-refractivity contribution >= 4 is 21.8 Å². The summed E-state index contributed by atoms with van der Waals surface area (Å²) in [6.07, 6.45) is 3.24. The molecule has 2 rings (SSSR count). The summed E-state index contributed by atoms with van der Waals surface area (Å²) in [5, 5.41) is 6.34. The van der Waals surface area contributed by atoms with Gasteiger partial charge in [-0.15, -0.1) is 0 Å². The normalized spacial score (nSPS) is 21.3. The van der Waals surface area contributed by atoms with Crippen LogP contribution >= 0.6 is 15.9 Å². The summed E-state index contributed by atoms with van der Waals surface area (Å²) in [6.45, 7) is 2.96. The highest BCUT2D eigenvalue weighted by Crippen LogP contribution is 2.23. The van der Waals surface area contributed by atoms with Crippen molar-refractivity contribution in [1.82, 2.24) is 10.6 Å². The number of piperidine rings is 1. The lowest BCUT2D eigenvalue weighted by molar-refractivity contribution is -0.124. The number of hydrogen-bond acceptors (Lipinski definition) is 2. The van der Waals surface area contributed by atoms with E-state index in [2.05, 4.69) is 26.6 Å². The van der Waals surface area contributed by atoms with Crippen LogP contribution in [0.2, 0.25) is 0 Å². The molecule has 0 saturated carbocycles. The fourth-order valence-electron chi connectivity index (χ4n) is 2.29. The van der Waals surface area contributed by atoms with Crippen molar-refractivity contribution in [3.05, 3.63) is 34.3 Å². The van der Waals surface area contributed by atoms with E-state index < -0.39 is 0 Å². The van der Waals surface area contributed by atoms with E-state index >= 15 is 0 Å². The quantitative estimate of drug-likeness (QED) is 0.901. The molecule has 0 aromatic heterocycles. The molecule has 2 N–H and O–H groups in total. The van der Waals surface area contributed by atoms with Crippen LogP contribution in [0.4, 0.5) is 0 Å². The Morgan fingerprint density at radius 3 is 2.89 bits per heavy atom. The lowest BCUT2D eigenvalue weighted by atomic mass is 10.0. The molecular weight excluding hydrogens is 292 g/mol. The molecule has 1 aliphatic rings. The molecule has 1 fully saturated rings. The van der Waals surface area contributed by atoms with Gasteiger partial charge in [0.15, 0.2) is 0 Å². The van der Waals surface area contributed by atoms with Crippen LogP contribution in [0.1, 0.15) is 37.8 Å². The van der Waals surface area contributed by atoms with Gasteiger partial charge in [-0.05, 0) is 37.9 Å². The maximum Gasteiger partial charge on any atom is 0.237 e. The third kappa shape index (κ3) is 3.33. The van der Waals surface area contributed by atoms with Crippen LogP contribution in [0, 0.1) is 0 Å².